The maximum Gasteiger partial charge on any atom is 0.0353 e. The maximum absolute atomic E-state index is 3.74. The van der Waals surface area contributed by atoms with Crippen molar-refractivity contribution in [2.75, 3.05) is 11.6 Å². The molecule has 0 saturated heterocycles. The summed E-state index contributed by atoms with van der Waals surface area (Å²) in [5.74, 6) is 0. The van der Waals surface area contributed by atoms with Gasteiger partial charge in [0, 0.05) is 16.6 Å². The van der Waals surface area contributed by atoms with E-state index in [1.807, 2.05) is 6.08 Å². The predicted octanol–water partition coefficient (Wildman–Crippen LogP) is 4.18. The van der Waals surface area contributed by atoms with Gasteiger partial charge in [-0.25, -0.2) is 0 Å². The molecule has 0 aliphatic carbocycles. The lowest BCUT2D eigenvalue weighted by atomic mass is 10.1. The smallest absolute Gasteiger partial charge is 0.0353 e. The van der Waals surface area contributed by atoms with E-state index in [9.17, 15) is 0 Å². The van der Waals surface area contributed by atoms with Gasteiger partial charge in [0.25, 0.3) is 0 Å². The number of rotatable bonds is 6. The number of hydrogen-bond acceptors (Lipinski definition) is 2. The van der Waals surface area contributed by atoms with Crippen LogP contribution in [-0.4, -0.2) is 12.3 Å². The minimum atomic E-state index is 0.500. The highest BCUT2D eigenvalue weighted by molar-refractivity contribution is 7.98. The fourth-order valence-corrected chi connectivity index (χ4v) is 1.90. The summed E-state index contributed by atoms with van der Waals surface area (Å²) in [5.41, 5.74) is 1.21. The Morgan fingerprint density at radius 2 is 2.33 bits per heavy atom. The molecule has 2 heteroatoms. The Balaban J connectivity index is 2.51. The summed E-state index contributed by atoms with van der Waals surface area (Å²) in [5, 5.41) is 3.49. The largest absolute Gasteiger partial charge is 0.383 e. The standard InChI is InChI=1S/C13H19NS/c1-4-5-7-11(2)14-12-8-6-9-13(10-12)15-3/h4,6,8-11,14H,1,5,7H2,2-3H3/t11-/m1/s1. The molecule has 0 fully saturated rings. The summed E-state index contributed by atoms with van der Waals surface area (Å²) in [4.78, 5) is 1.30. The number of hydrogen-bond donors (Lipinski definition) is 1. The zero-order valence-corrected chi connectivity index (χ0v) is 10.3. The van der Waals surface area contributed by atoms with E-state index in [4.69, 9.17) is 0 Å². The fraction of sp³-hybridized carbons (Fsp3) is 0.385. The van der Waals surface area contributed by atoms with Crippen molar-refractivity contribution < 1.29 is 0 Å². The van der Waals surface area contributed by atoms with Crippen molar-refractivity contribution in [2.45, 2.75) is 30.7 Å². The van der Waals surface area contributed by atoms with Gasteiger partial charge in [-0.3, -0.25) is 0 Å². The van der Waals surface area contributed by atoms with Gasteiger partial charge < -0.3 is 5.32 Å². The van der Waals surface area contributed by atoms with Crippen LogP contribution in [0.25, 0.3) is 0 Å². The third kappa shape index (κ3) is 4.43. The summed E-state index contributed by atoms with van der Waals surface area (Å²) in [6, 6.07) is 9.03. The summed E-state index contributed by atoms with van der Waals surface area (Å²) in [6.45, 7) is 5.94. The molecule has 1 aromatic rings. The molecule has 15 heavy (non-hydrogen) atoms. The van der Waals surface area contributed by atoms with E-state index in [1.54, 1.807) is 11.8 Å². The van der Waals surface area contributed by atoms with E-state index in [0.29, 0.717) is 6.04 Å². The van der Waals surface area contributed by atoms with Gasteiger partial charge >= 0.3 is 0 Å². The minimum absolute atomic E-state index is 0.500. The van der Waals surface area contributed by atoms with E-state index in [0.717, 1.165) is 12.8 Å². The van der Waals surface area contributed by atoms with E-state index < -0.39 is 0 Å². The van der Waals surface area contributed by atoms with Crippen LogP contribution in [0.1, 0.15) is 19.8 Å². The van der Waals surface area contributed by atoms with Gasteiger partial charge in [0.1, 0.15) is 0 Å². The zero-order chi connectivity index (χ0) is 11.1. The molecule has 0 saturated carbocycles. The molecule has 1 atom stereocenters. The molecule has 0 amide bonds. The van der Waals surface area contributed by atoms with Crippen LogP contribution in [0.5, 0.6) is 0 Å². The molecular weight excluding hydrogens is 202 g/mol. The average molecular weight is 221 g/mol. The quantitative estimate of drug-likeness (QED) is 0.571. The molecule has 1 nitrogen and oxygen atoms in total. The lowest BCUT2D eigenvalue weighted by molar-refractivity contribution is 0.719. The van der Waals surface area contributed by atoms with Gasteiger partial charge in [0.05, 0.1) is 0 Å². The second-order valence-electron chi connectivity index (χ2n) is 3.64. The fourth-order valence-electron chi connectivity index (χ4n) is 1.44. The SMILES string of the molecule is C=CCC[C@@H](C)Nc1cccc(SC)c1. The van der Waals surface area contributed by atoms with Crippen molar-refractivity contribution >= 4 is 17.4 Å². The van der Waals surface area contributed by atoms with Crippen LogP contribution in [0.3, 0.4) is 0 Å². The highest BCUT2D eigenvalue weighted by Crippen LogP contribution is 2.19. The molecule has 82 valence electrons. The van der Waals surface area contributed by atoms with Crippen molar-refractivity contribution in [3.63, 3.8) is 0 Å². The first-order chi connectivity index (χ1) is 7.26. The van der Waals surface area contributed by atoms with Crippen molar-refractivity contribution in [1.82, 2.24) is 0 Å². The summed E-state index contributed by atoms with van der Waals surface area (Å²) >= 11 is 1.77. The first-order valence-corrected chi connectivity index (χ1v) is 6.50. The topological polar surface area (TPSA) is 12.0 Å². The van der Waals surface area contributed by atoms with Crippen LogP contribution < -0.4 is 5.32 Å². The molecule has 0 spiro atoms. The number of nitrogens with one attached hydrogen (secondary N) is 1. The van der Waals surface area contributed by atoms with Crippen LogP contribution in [0.15, 0.2) is 41.8 Å². The first kappa shape index (κ1) is 12.2. The summed E-state index contributed by atoms with van der Waals surface area (Å²) < 4.78 is 0. The van der Waals surface area contributed by atoms with Gasteiger partial charge in [-0.1, -0.05) is 12.1 Å². The second-order valence-corrected chi connectivity index (χ2v) is 4.52. The summed E-state index contributed by atoms with van der Waals surface area (Å²) in [7, 11) is 0. The van der Waals surface area contributed by atoms with Gasteiger partial charge in [-0.15, -0.1) is 18.3 Å². The normalized spacial score (nSPS) is 12.1. The van der Waals surface area contributed by atoms with Crippen molar-refractivity contribution in [2.24, 2.45) is 0 Å². The van der Waals surface area contributed by atoms with Gasteiger partial charge in [-0.05, 0) is 44.2 Å². The Hall–Kier alpha value is -0.890. The van der Waals surface area contributed by atoms with Crippen LogP contribution >= 0.6 is 11.8 Å². The monoisotopic (exact) mass is 221 g/mol. The van der Waals surface area contributed by atoms with Gasteiger partial charge in [0.15, 0.2) is 0 Å². The van der Waals surface area contributed by atoms with Crippen LogP contribution in [0.2, 0.25) is 0 Å². The highest BCUT2D eigenvalue weighted by atomic mass is 32.2. The third-order valence-electron chi connectivity index (χ3n) is 2.29. The van der Waals surface area contributed by atoms with Gasteiger partial charge in [0.2, 0.25) is 0 Å². The average Bonchev–Trinajstić information content (AvgIpc) is 2.26. The number of anilines is 1. The molecular formula is C13H19NS. The Kier molecular flexibility index (Phi) is 5.33. The molecule has 1 rings (SSSR count). The van der Waals surface area contributed by atoms with Crippen molar-refractivity contribution in [3.05, 3.63) is 36.9 Å². The number of benzene rings is 1. The van der Waals surface area contributed by atoms with Gasteiger partial charge in [-0.2, -0.15) is 0 Å². The Bertz CT molecular complexity index is 309. The molecule has 1 N–H and O–H groups in total. The molecule has 0 aliphatic heterocycles. The Morgan fingerprint density at radius 3 is 3.00 bits per heavy atom. The van der Waals surface area contributed by atoms with E-state index in [2.05, 4.69) is 49.3 Å². The molecule has 0 bridgehead atoms. The molecule has 1 aromatic carbocycles. The zero-order valence-electron chi connectivity index (χ0n) is 9.49. The van der Waals surface area contributed by atoms with E-state index >= 15 is 0 Å². The molecule has 0 heterocycles. The highest BCUT2D eigenvalue weighted by Gasteiger charge is 2.00. The van der Waals surface area contributed by atoms with E-state index in [-0.39, 0.29) is 0 Å². The molecule has 0 aliphatic rings. The van der Waals surface area contributed by atoms with Crippen molar-refractivity contribution in [1.29, 1.82) is 0 Å². The molecule has 0 radical (unpaired) electrons. The van der Waals surface area contributed by atoms with Crippen molar-refractivity contribution in [3.8, 4) is 0 Å². The lowest BCUT2D eigenvalue weighted by Crippen LogP contribution is -2.14. The van der Waals surface area contributed by atoms with Crippen LogP contribution in [-0.2, 0) is 0 Å². The Morgan fingerprint density at radius 1 is 1.53 bits per heavy atom. The van der Waals surface area contributed by atoms with Crippen LogP contribution in [0, 0.1) is 0 Å². The second kappa shape index (κ2) is 6.57. The first-order valence-electron chi connectivity index (χ1n) is 5.27. The third-order valence-corrected chi connectivity index (χ3v) is 3.01. The maximum atomic E-state index is 3.74. The minimum Gasteiger partial charge on any atom is -0.383 e. The molecule has 0 aromatic heterocycles. The number of allylic oxidation sites excluding steroid dienone is 1. The van der Waals surface area contributed by atoms with Crippen LogP contribution in [0.4, 0.5) is 5.69 Å². The Labute approximate surface area is 97.0 Å². The predicted molar refractivity (Wildman–Crippen MR) is 70.7 cm³/mol. The van der Waals surface area contributed by atoms with E-state index in [1.165, 1.54) is 10.6 Å². The summed E-state index contributed by atoms with van der Waals surface area (Å²) in [6.07, 6.45) is 6.26. The molecule has 0 unspecified atom stereocenters. The lowest BCUT2D eigenvalue weighted by Gasteiger charge is -2.14. The number of thioether (sulfide) groups is 1.